The lowest BCUT2D eigenvalue weighted by molar-refractivity contribution is -0.206. The van der Waals surface area contributed by atoms with Gasteiger partial charge in [-0.1, -0.05) is 76.6 Å². The van der Waals surface area contributed by atoms with Gasteiger partial charge >= 0.3 is 24.3 Å². The second-order valence-electron chi connectivity index (χ2n) is 10.7. The molecule has 2 aromatic heterocycles. The molecule has 0 fully saturated rings. The van der Waals surface area contributed by atoms with Crippen molar-refractivity contribution in [1.29, 1.82) is 0 Å². The van der Waals surface area contributed by atoms with E-state index in [0.717, 1.165) is 25.7 Å². The predicted octanol–water partition coefficient (Wildman–Crippen LogP) is 8.72. The fourth-order valence-electron chi connectivity index (χ4n) is 4.48. The Kier molecular flexibility index (Phi) is 13.4. The highest BCUT2D eigenvalue weighted by Crippen LogP contribution is 2.30. The summed E-state index contributed by atoms with van der Waals surface area (Å²) in [4.78, 5) is 40.2. The zero-order valence-corrected chi connectivity index (χ0v) is 25.5. The van der Waals surface area contributed by atoms with Crippen molar-refractivity contribution in [2.75, 3.05) is 0 Å². The number of carbonyl (C=O) groups is 2. The van der Waals surface area contributed by atoms with Crippen LogP contribution < -0.4 is 0 Å². The van der Waals surface area contributed by atoms with Crippen LogP contribution in [0.15, 0.2) is 49.1 Å². The average Bonchev–Trinajstić information content (AvgIpc) is 3.03. The van der Waals surface area contributed by atoms with Gasteiger partial charge in [0.05, 0.1) is 0 Å². The summed E-state index contributed by atoms with van der Waals surface area (Å²) in [5.74, 6) is -3.55. The Labute approximate surface area is 263 Å². The molecule has 0 aliphatic heterocycles. The van der Waals surface area contributed by atoms with Gasteiger partial charge in [0, 0.05) is 35.9 Å². The molecule has 0 saturated heterocycles. The number of nitrogens with zero attached hydrogens (tertiary/aromatic N) is 4. The van der Waals surface area contributed by atoms with Gasteiger partial charge in [-0.05, 0) is 36.8 Å². The minimum absolute atomic E-state index is 0.269. The van der Waals surface area contributed by atoms with Crippen molar-refractivity contribution >= 4 is 11.9 Å². The summed E-state index contributed by atoms with van der Waals surface area (Å²) in [6, 6.07) is 6.71. The van der Waals surface area contributed by atoms with Crippen LogP contribution in [0.2, 0.25) is 0 Å². The van der Waals surface area contributed by atoms with Gasteiger partial charge in [0.25, 0.3) is 0 Å². The summed E-state index contributed by atoms with van der Waals surface area (Å²) < 4.78 is 89.5. The Morgan fingerprint density at radius 2 is 0.891 bits per heavy atom. The first-order valence-electron chi connectivity index (χ1n) is 15.1. The number of ether oxygens (including phenoxy) is 2. The lowest BCUT2D eigenvalue weighted by Gasteiger charge is -2.20. The fourth-order valence-corrected chi connectivity index (χ4v) is 4.48. The van der Waals surface area contributed by atoms with Crippen LogP contribution in [0.3, 0.4) is 0 Å². The first-order chi connectivity index (χ1) is 21.8. The molecule has 0 amide bonds. The van der Waals surface area contributed by atoms with E-state index in [4.69, 9.17) is 9.47 Å². The van der Waals surface area contributed by atoms with E-state index in [9.17, 15) is 35.9 Å². The molecule has 2 heterocycles. The van der Waals surface area contributed by atoms with E-state index in [2.05, 4.69) is 19.9 Å². The van der Waals surface area contributed by atoms with E-state index >= 15 is 0 Å². The summed E-state index contributed by atoms with van der Waals surface area (Å²) in [5.41, 5.74) is 2.17. The van der Waals surface area contributed by atoms with Crippen LogP contribution in [-0.2, 0) is 9.47 Å². The standard InChI is InChI=1S/C32H36F6N4O4/c1-3-5-7-9-11-25(31(33,34)35)45-29(43)27-39-17-23(18-40-27)21-13-15-22(16-14-21)24-19-41-28(42-20-24)30(44)46-26(32(36,37)38)12-10-8-6-4-2/h13-20,25-26H,3-12H2,1-2H3/t25-,26-/m0/s1. The number of carbonyl (C=O) groups excluding carboxylic acids is 2. The second-order valence-corrected chi connectivity index (χ2v) is 10.7. The van der Waals surface area contributed by atoms with E-state index in [-0.39, 0.29) is 25.7 Å². The molecule has 0 saturated carbocycles. The number of benzene rings is 1. The molecule has 0 N–H and O–H groups in total. The van der Waals surface area contributed by atoms with Crippen LogP contribution in [0.1, 0.15) is 99.3 Å². The molecular weight excluding hydrogens is 618 g/mol. The van der Waals surface area contributed by atoms with E-state index in [1.807, 2.05) is 13.8 Å². The fraction of sp³-hybridized carbons (Fsp3) is 0.500. The van der Waals surface area contributed by atoms with E-state index in [0.29, 0.717) is 35.1 Å². The minimum atomic E-state index is -4.71. The highest BCUT2D eigenvalue weighted by molar-refractivity contribution is 5.86. The van der Waals surface area contributed by atoms with Gasteiger partial charge in [-0.3, -0.25) is 0 Å². The number of hydrogen-bond donors (Lipinski definition) is 0. The van der Waals surface area contributed by atoms with Gasteiger partial charge in [0.1, 0.15) is 0 Å². The van der Waals surface area contributed by atoms with Crippen molar-refractivity contribution in [1.82, 2.24) is 19.9 Å². The van der Waals surface area contributed by atoms with Crippen LogP contribution in [0.25, 0.3) is 22.3 Å². The number of aromatic nitrogens is 4. The molecule has 0 unspecified atom stereocenters. The minimum Gasteiger partial charge on any atom is -0.447 e. The Bertz CT molecular complexity index is 1280. The lowest BCUT2D eigenvalue weighted by Crippen LogP contribution is -2.34. The van der Waals surface area contributed by atoms with Crippen molar-refractivity contribution in [3.05, 3.63) is 60.7 Å². The molecule has 2 atom stereocenters. The molecule has 250 valence electrons. The summed E-state index contributed by atoms with van der Waals surface area (Å²) >= 11 is 0. The van der Waals surface area contributed by atoms with Crippen molar-refractivity contribution in [2.45, 2.75) is 103 Å². The second kappa shape index (κ2) is 17.0. The Hall–Kier alpha value is -4.10. The van der Waals surface area contributed by atoms with Crippen molar-refractivity contribution in [3.8, 4) is 22.3 Å². The monoisotopic (exact) mass is 654 g/mol. The maximum Gasteiger partial charge on any atom is 0.425 e. The number of unbranched alkanes of at least 4 members (excludes halogenated alkanes) is 6. The maximum absolute atomic E-state index is 13.4. The third kappa shape index (κ3) is 11.1. The van der Waals surface area contributed by atoms with Crippen LogP contribution in [0.4, 0.5) is 26.3 Å². The summed E-state index contributed by atoms with van der Waals surface area (Å²) in [6.45, 7) is 3.87. The zero-order chi connectivity index (χ0) is 33.7. The predicted molar refractivity (Wildman–Crippen MR) is 157 cm³/mol. The molecule has 0 bridgehead atoms. The number of rotatable bonds is 16. The molecular formula is C32H36F6N4O4. The van der Waals surface area contributed by atoms with Gasteiger partial charge in [-0.15, -0.1) is 0 Å². The number of alkyl halides is 6. The summed E-state index contributed by atoms with van der Waals surface area (Å²) in [5, 5.41) is 0. The smallest absolute Gasteiger partial charge is 0.425 e. The molecule has 1 aromatic carbocycles. The lowest BCUT2D eigenvalue weighted by atomic mass is 10.0. The third-order valence-corrected chi connectivity index (χ3v) is 7.09. The molecule has 0 spiro atoms. The average molecular weight is 655 g/mol. The molecule has 0 aliphatic carbocycles. The number of halogens is 6. The van der Waals surface area contributed by atoms with Gasteiger partial charge in [-0.2, -0.15) is 26.3 Å². The number of hydrogen-bond acceptors (Lipinski definition) is 8. The van der Waals surface area contributed by atoms with Gasteiger partial charge in [0.2, 0.25) is 11.6 Å². The van der Waals surface area contributed by atoms with Crippen LogP contribution >= 0.6 is 0 Å². The molecule has 46 heavy (non-hydrogen) atoms. The van der Waals surface area contributed by atoms with Crippen LogP contribution in [-0.4, -0.2) is 56.4 Å². The van der Waals surface area contributed by atoms with Crippen LogP contribution in [0, 0.1) is 0 Å². The largest absolute Gasteiger partial charge is 0.447 e. The Morgan fingerprint density at radius 1 is 0.565 bits per heavy atom. The Morgan fingerprint density at radius 3 is 1.17 bits per heavy atom. The highest BCUT2D eigenvalue weighted by atomic mass is 19.4. The summed E-state index contributed by atoms with van der Waals surface area (Å²) in [6.07, 6.45) is -4.42. The molecule has 14 heteroatoms. The normalized spacial score (nSPS) is 13.2. The SMILES string of the molecule is CCCCCC[C@H](OC(=O)c1ncc(-c2ccc(-c3cnc(C(=O)O[C@@H](CCCCCC)C(F)(F)F)nc3)cc2)cn1)C(F)(F)F. The van der Waals surface area contributed by atoms with Crippen molar-refractivity contribution < 1.29 is 45.4 Å². The third-order valence-electron chi connectivity index (χ3n) is 7.09. The molecule has 8 nitrogen and oxygen atoms in total. The van der Waals surface area contributed by atoms with Gasteiger partial charge < -0.3 is 9.47 Å². The molecule has 3 aromatic rings. The first-order valence-corrected chi connectivity index (χ1v) is 15.1. The molecule has 3 rings (SSSR count). The van der Waals surface area contributed by atoms with E-state index in [1.165, 1.54) is 24.8 Å². The quantitative estimate of drug-likeness (QED) is 0.0858. The highest BCUT2D eigenvalue weighted by Gasteiger charge is 2.43. The zero-order valence-electron chi connectivity index (χ0n) is 25.5. The van der Waals surface area contributed by atoms with E-state index in [1.54, 1.807) is 24.3 Å². The van der Waals surface area contributed by atoms with E-state index < -0.39 is 48.1 Å². The van der Waals surface area contributed by atoms with Gasteiger partial charge in [-0.25, -0.2) is 29.5 Å². The van der Waals surface area contributed by atoms with Crippen LogP contribution in [0.5, 0.6) is 0 Å². The maximum atomic E-state index is 13.4. The van der Waals surface area contributed by atoms with Crippen molar-refractivity contribution in [3.63, 3.8) is 0 Å². The van der Waals surface area contributed by atoms with Gasteiger partial charge in [0.15, 0.2) is 12.2 Å². The number of esters is 2. The van der Waals surface area contributed by atoms with Crippen molar-refractivity contribution in [2.24, 2.45) is 0 Å². The topological polar surface area (TPSA) is 104 Å². The molecule has 0 aliphatic rings. The summed E-state index contributed by atoms with van der Waals surface area (Å²) in [7, 11) is 0. The first kappa shape index (κ1) is 36.4. The molecule has 0 radical (unpaired) electrons. The Balaban J connectivity index is 1.61.